The van der Waals surface area contributed by atoms with Gasteiger partial charge in [-0.15, -0.1) is 0 Å². The monoisotopic (exact) mass is 320 g/mol. The lowest BCUT2D eigenvalue weighted by Crippen LogP contribution is -2.12. The highest BCUT2D eigenvalue weighted by atomic mass is 16.7. The third-order valence-electron chi connectivity index (χ3n) is 2.89. The maximum atomic E-state index is 11.6. The van der Waals surface area contributed by atoms with Crippen LogP contribution in [0.25, 0.3) is 0 Å². The predicted molar refractivity (Wildman–Crippen MR) is 84.6 cm³/mol. The minimum Gasteiger partial charge on any atom is -0.494 e. The summed E-state index contributed by atoms with van der Waals surface area (Å²) >= 11 is 0. The Labute approximate surface area is 135 Å². The molecule has 1 rings (SSSR count). The van der Waals surface area contributed by atoms with Gasteiger partial charge in [0, 0.05) is 0 Å². The molecule has 0 aliphatic carbocycles. The molecule has 1 aromatic carbocycles. The van der Waals surface area contributed by atoms with Gasteiger partial charge in [-0.1, -0.05) is 13.2 Å². The quantitative estimate of drug-likeness (QED) is 0.245. The van der Waals surface area contributed by atoms with Crippen molar-refractivity contribution in [1.29, 1.82) is 0 Å². The number of aromatic carboxylic acids is 1. The second-order valence-electron chi connectivity index (χ2n) is 4.71. The van der Waals surface area contributed by atoms with E-state index in [1.165, 1.54) is 24.3 Å². The maximum absolute atomic E-state index is 11.6. The van der Waals surface area contributed by atoms with Crippen LogP contribution in [0.15, 0.2) is 43.2 Å². The maximum Gasteiger partial charge on any atom is 0.513 e. The molecule has 0 amide bonds. The van der Waals surface area contributed by atoms with Crippen molar-refractivity contribution in [1.82, 2.24) is 0 Å². The molecule has 6 nitrogen and oxygen atoms in total. The van der Waals surface area contributed by atoms with E-state index in [-0.39, 0.29) is 17.9 Å². The summed E-state index contributed by atoms with van der Waals surface area (Å²) in [7, 11) is 0. The number of carboxylic acid groups (broad SMARTS) is 1. The lowest BCUT2D eigenvalue weighted by Gasteiger charge is -2.09. The highest BCUT2D eigenvalue weighted by Crippen LogP contribution is 2.19. The molecule has 0 aliphatic rings. The number of aryl methyl sites for hydroxylation is 1. The number of hydrogen-bond acceptors (Lipinski definition) is 5. The van der Waals surface area contributed by atoms with Crippen molar-refractivity contribution in [2.45, 2.75) is 19.8 Å². The Kier molecular flexibility index (Phi) is 7.39. The van der Waals surface area contributed by atoms with Crippen LogP contribution in [0.5, 0.6) is 5.75 Å². The molecule has 0 bridgehead atoms. The summed E-state index contributed by atoms with van der Waals surface area (Å²) in [5, 5.41) is 8.87. The molecule has 124 valence electrons. The molecule has 6 heteroatoms. The third-order valence-corrected chi connectivity index (χ3v) is 2.89. The molecule has 0 aliphatic heterocycles. The van der Waals surface area contributed by atoms with E-state index in [1.807, 2.05) is 0 Å². The van der Waals surface area contributed by atoms with Crippen molar-refractivity contribution in [2.24, 2.45) is 0 Å². The highest BCUT2D eigenvalue weighted by Gasteiger charge is 2.11. The standard InChI is InChI=1S/C17H20O6/c1-4-13(3)21-9-5-6-10-22-17(20)23-15-8-7-14(16(18)19)11-12(15)2/h4,7-8,11H,1,3,5-6,9-10H2,2H3,(H,18,19). The molecule has 0 atom stereocenters. The van der Waals surface area contributed by atoms with Crippen LogP contribution in [0.4, 0.5) is 4.79 Å². The highest BCUT2D eigenvalue weighted by molar-refractivity contribution is 5.88. The van der Waals surface area contributed by atoms with Crippen LogP contribution in [0.3, 0.4) is 0 Å². The van der Waals surface area contributed by atoms with Crippen LogP contribution in [-0.4, -0.2) is 30.4 Å². The van der Waals surface area contributed by atoms with Gasteiger partial charge in [0.25, 0.3) is 0 Å². The number of rotatable bonds is 9. The minimum atomic E-state index is -1.04. The predicted octanol–water partition coefficient (Wildman–Crippen LogP) is 3.71. The smallest absolute Gasteiger partial charge is 0.494 e. The molecule has 0 fully saturated rings. The van der Waals surface area contributed by atoms with Crippen molar-refractivity contribution in [2.75, 3.05) is 13.2 Å². The van der Waals surface area contributed by atoms with Gasteiger partial charge in [-0.3, -0.25) is 0 Å². The van der Waals surface area contributed by atoms with Gasteiger partial charge >= 0.3 is 12.1 Å². The summed E-state index contributed by atoms with van der Waals surface area (Å²) in [5.74, 6) is -0.264. The fraction of sp³-hybridized carbons (Fsp3) is 0.294. The molecule has 23 heavy (non-hydrogen) atoms. The average Bonchev–Trinajstić information content (AvgIpc) is 2.52. The summed E-state index contributed by atoms with van der Waals surface area (Å²) in [4.78, 5) is 22.4. The Morgan fingerprint density at radius 2 is 1.87 bits per heavy atom. The average molecular weight is 320 g/mol. The molecule has 0 radical (unpaired) electrons. The van der Waals surface area contributed by atoms with Gasteiger partial charge in [0.1, 0.15) is 11.5 Å². The first kappa shape index (κ1) is 18.3. The zero-order valence-electron chi connectivity index (χ0n) is 13.0. The van der Waals surface area contributed by atoms with Gasteiger partial charge < -0.3 is 19.3 Å². The van der Waals surface area contributed by atoms with Crippen LogP contribution >= 0.6 is 0 Å². The van der Waals surface area contributed by atoms with Gasteiger partial charge in [0.05, 0.1) is 18.8 Å². The molecular weight excluding hydrogens is 300 g/mol. The van der Waals surface area contributed by atoms with Crippen LogP contribution in [0, 0.1) is 6.92 Å². The van der Waals surface area contributed by atoms with Gasteiger partial charge in [0.2, 0.25) is 0 Å². The van der Waals surface area contributed by atoms with Crippen molar-refractivity contribution in [3.63, 3.8) is 0 Å². The van der Waals surface area contributed by atoms with E-state index in [4.69, 9.17) is 19.3 Å². The number of unbranched alkanes of at least 4 members (excludes halogenated alkanes) is 1. The van der Waals surface area contributed by atoms with Crippen molar-refractivity contribution < 1.29 is 28.9 Å². The summed E-state index contributed by atoms with van der Waals surface area (Å²) in [5.41, 5.74) is 0.669. The SMILES string of the molecule is C=CC(=C)OCCCCOC(=O)Oc1ccc(C(=O)O)cc1C. The van der Waals surface area contributed by atoms with E-state index in [0.29, 0.717) is 30.8 Å². The largest absolute Gasteiger partial charge is 0.513 e. The van der Waals surface area contributed by atoms with Crippen LogP contribution in [0.1, 0.15) is 28.8 Å². The topological polar surface area (TPSA) is 82.1 Å². The normalized spacial score (nSPS) is 9.78. The van der Waals surface area contributed by atoms with Gasteiger partial charge in [-0.2, -0.15) is 0 Å². The molecule has 1 N–H and O–H groups in total. The van der Waals surface area contributed by atoms with E-state index in [2.05, 4.69) is 13.2 Å². The minimum absolute atomic E-state index is 0.129. The van der Waals surface area contributed by atoms with Crippen molar-refractivity contribution >= 4 is 12.1 Å². The van der Waals surface area contributed by atoms with E-state index in [9.17, 15) is 9.59 Å². The zero-order valence-corrected chi connectivity index (χ0v) is 13.0. The Morgan fingerprint density at radius 1 is 1.22 bits per heavy atom. The van der Waals surface area contributed by atoms with E-state index in [1.54, 1.807) is 6.92 Å². The van der Waals surface area contributed by atoms with Crippen LogP contribution < -0.4 is 4.74 Å². The first-order chi connectivity index (χ1) is 10.9. The molecule has 0 heterocycles. The number of benzene rings is 1. The lowest BCUT2D eigenvalue weighted by atomic mass is 10.1. The van der Waals surface area contributed by atoms with Crippen LogP contribution in [-0.2, 0) is 9.47 Å². The fourth-order valence-corrected chi connectivity index (χ4v) is 1.64. The van der Waals surface area contributed by atoms with Gasteiger partial charge in [0.15, 0.2) is 0 Å². The number of carboxylic acids is 1. The van der Waals surface area contributed by atoms with Gasteiger partial charge in [-0.05, 0) is 49.6 Å². The fourth-order valence-electron chi connectivity index (χ4n) is 1.64. The Bertz CT molecular complexity index is 591. The number of allylic oxidation sites excluding steroid dienone is 1. The first-order valence-electron chi connectivity index (χ1n) is 7.06. The summed E-state index contributed by atoms with van der Waals surface area (Å²) in [6.45, 7) is 9.45. The second kappa shape index (κ2) is 9.30. The molecule has 0 saturated heterocycles. The number of hydrogen-bond donors (Lipinski definition) is 1. The van der Waals surface area contributed by atoms with Crippen molar-refractivity contribution in [3.05, 3.63) is 54.3 Å². The Hall–Kier alpha value is -2.76. The number of carbonyl (C=O) groups is 2. The lowest BCUT2D eigenvalue weighted by molar-refractivity contribution is 0.0696. The molecule has 0 aromatic heterocycles. The summed E-state index contributed by atoms with van der Waals surface area (Å²) in [6.07, 6.45) is 2.02. The van der Waals surface area contributed by atoms with E-state index in [0.717, 1.165) is 0 Å². The third kappa shape index (κ3) is 6.69. The van der Waals surface area contributed by atoms with Gasteiger partial charge in [-0.25, -0.2) is 9.59 Å². The molecule has 0 saturated carbocycles. The zero-order chi connectivity index (χ0) is 17.2. The van der Waals surface area contributed by atoms with Crippen LogP contribution in [0.2, 0.25) is 0 Å². The Balaban J connectivity index is 2.30. The van der Waals surface area contributed by atoms with Crippen molar-refractivity contribution in [3.8, 4) is 5.75 Å². The number of ether oxygens (including phenoxy) is 3. The van der Waals surface area contributed by atoms with E-state index < -0.39 is 12.1 Å². The Morgan fingerprint density at radius 3 is 2.43 bits per heavy atom. The summed E-state index contributed by atoms with van der Waals surface area (Å²) < 4.78 is 15.2. The summed E-state index contributed by atoms with van der Waals surface area (Å²) in [6, 6.07) is 4.21. The molecule has 1 aromatic rings. The number of carbonyl (C=O) groups excluding carboxylic acids is 1. The molecular formula is C17H20O6. The molecule has 0 spiro atoms. The van der Waals surface area contributed by atoms with E-state index >= 15 is 0 Å². The second-order valence-corrected chi connectivity index (χ2v) is 4.71. The first-order valence-corrected chi connectivity index (χ1v) is 7.06. The molecule has 0 unspecified atom stereocenters.